The van der Waals surface area contributed by atoms with E-state index in [0.717, 1.165) is 23.2 Å². The Morgan fingerprint density at radius 3 is 2.69 bits per heavy atom. The number of nitrogens with one attached hydrogen (secondary N) is 1. The van der Waals surface area contributed by atoms with Crippen LogP contribution in [-0.2, 0) is 26.3 Å². The molecule has 2 saturated heterocycles. The Labute approximate surface area is 169 Å². The molecule has 1 atom stereocenters. The van der Waals surface area contributed by atoms with Gasteiger partial charge in [0.2, 0.25) is 11.8 Å². The van der Waals surface area contributed by atoms with E-state index >= 15 is 0 Å². The Balaban J connectivity index is 1.38. The number of likely N-dealkylation sites (tertiary alicyclic amines) is 1. The summed E-state index contributed by atoms with van der Waals surface area (Å²) >= 11 is 0. The third-order valence-electron chi connectivity index (χ3n) is 6.25. The molecule has 4 heterocycles. The van der Waals surface area contributed by atoms with E-state index in [0.29, 0.717) is 51.2 Å². The zero-order chi connectivity index (χ0) is 19.8. The maximum atomic E-state index is 12.7. The minimum absolute atomic E-state index is 0.0226. The highest BCUT2D eigenvalue weighted by Crippen LogP contribution is 2.41. The highest BCUT2D eigenvalue weighted by Gasteiger charge is 2.44. The van der Waals surface area contributed by atoms with Gasteiger partial charge in [0.05, 0.1) is 12.3 Å². The van der Waals surface area contributed by atoms with Crippen molar-refractivity contribution in [3.05, 3.63) is 47.8 Å². The van der Waals surface area contributed by atoms with Crippen molar-refractivity contribution < 1.29 is 14.3 Å². The lowest BCUT2D eigenvalue weighted by molar-refractivity contribution is -0.143. The number of rotatable bonds is 2. The van der Waals surface area contributed by atoms with Crippen LogP contribution in [0.3, 0.4) is 0 Å². The fourth-order valence-electron chi connectivity index (χ4n) is 4.62. The van der Waals surface area contributed by atoms with Crippen LogP contribution in [0.1, 0.15) is 36.9 Å². The summed E-state index contributed by atoms with van der Waals surface area (Å²) in [5.41, 5.74) is 2.63. The van der Waals surface area contributed by atoms with Gasteiger partial charge in [-0.05, 0) is 31.2 Å². The van der Waals surface area contributed by atoms with Gasteiger partial charge in [-0.3, -0.25) is 9.59 Å². The van der Waals surface area contributed by atoms with Crippen LogP contribution in [0.2, 0.25) is 0 Å². The Morgan fingerprint density at radius 2 is 1.97 bits per heavy atom. The summed E-state index contributed by atoms with van der Waals surface area (Å²) in [4.78, 5) is 35.6. The Kier molecular flexibility index (Phi) is 4.54. The van der Waals surface area contributed by atoms with Crippen molar-refractivity contribution in [3.8, 4) is 11.4 Å². The molecule has 0 bridgehead atoms. The molecule has 2 aromatic rings. The maximum absolute atomic E-state index is 12.7. The fraction of sp³-hybridized carbons (Fsp3) is 0.455. The molecule has 2 amide bonds. The Hall–Kier alpha value is -2.80. The van der Waals surface area contributed by atoms with Gasteiger partial charge >= 0.3 is 0 Å². The van der Waals surface area contributed by atoms with E-state index in [4.69, 9.17) is 9.72 Å². The van der Waals surface area contributed by atoms with Gasteiger partial charge in [-0.2, -0.15) is 0 Å². The lowest BCUT2D eigenvalue weighted by atomic mass is 9.83. The molecular formula is C22H24N4O3. The zero-order valence-corrected chi connectivity index (χ0v) is 16.3. The number of benzene rings is 1. The third-order valence-corrected chi connectivity index (χ3v) is 6.25. The van der Waals surface area contributed by atoms with Gasteiger partial charge in [0.1, 0.15) is 11.6 Å². The summed E-state index contributed by atoms with van der Waals surface area (Å²) in [6.45, 7) is 1.86. The lowest BCUT2D eigenvalue weighted by Gasteiger charge is -2.44. The first kappa shape index (κ1) is 18.2. The van der Waals surface area contributed by atoms with Crippen molar-refractivity contribution in [1.82, 2.24) is 20.2 Å². The molecule has 5 rings (SSSR count). The molecule has 29 heavy (non-hydrogen) atoms. The zero-order valence-electron chi connectivity index (χ0n) is 16.3. The lowest BCUT2D eigenvalue weighted by Crippen LogP contribution is -2.52. The molecule has 1 spiro atoms. The van der Waals surface area contributed by atoms with Gasteiger partial charge in [-0.1, -0.05) is 30.3 Å². The van der Waals surface area contributed by atoms with Crippen LogP contribution in [0.25, 0.3) is 11.4 Å². The number of hydrogen-bond donors (Lipinski definition) is 1. The molecule has 7 heteroatoms. The summed E-state index contributed by atoms with van der Waals surface area (Å²) in [6.07, 6.45) is 5.18. The topological polar surface area (TPSA) is 84.4 Å². The van der Waals surface area contributed by atoms with E-state index < -0.39 is 5.60 Å². The molecule has 7 nitrogen and oxygen atoms in total. The number of ether oxygens (including phenoxy) is 1. The summed E-state index contributed by atoms with van der Waals surface area (Å²) in [5, 5.41) is 2.78. The number of carbonyl (C=O) groups is 2. The smallest absolute Gasteiger partial charge is 0.245 e. The minimum Gasteiger partial charge on any atom is -0.368 e. The monoisotopic (exact) mass is 392 g/mol. The van der Waals surface area contributed by atoms with Crippen LogP contribution in [0.4, 0.5) is 0 Å². The second kappa shape index (κ2) is 7.22. The van der Waals surface area contributed by atoms with Crippen molar-refractivity contribution in [1.29, 1.82) is 0 Å². The molecule has 0 unspecified atom stereocenters. The summed E-state index contributed by atoms with van der Waals surface area (Å²) in [6, 6.07) is 9.59. The Morgan fingerprint density at radius 1 is 1.17 bits per heavy atom. The summed E-state index contributed by atoms with van der Waals surface area (Å²) in [5.74, 6) is 0.697. The molecule has 2 fully saturated rings. The van der Waals surface area contributed by atoms with Crippen LogP contribution in [-0.4, -0.2) is 52.4 Å². The van der Waals surface area contributed by atoms with E-state index in [2.05, 4.69) is 10.3 Å². The van der Waals surface area contributed by atoms with Crippen LogP contribution >= 0.6 is 0 Å². The van der Waals surface area contributed by atoms with Crippen molar-refractivity contribution >= 4 is 11.8 Å². The second-order valence-electron chi connectivity index (χ2n) is 8.01. The maximum Gasteiger partial charge on any atom is 0.245 e. The van der Waals surface area contributed by atoms with Gasteiger partial charge in [-0.25, -0.2) is 9.97 Å². The van der Waals surface area contributed by atoms with Crippen molar-refractivity contribution in [2.45, 2.75) is 43.7 Å². The van der Waals surface area contributed by atoms with Crippen LogP contribution < -0.4 is 5.32 Å². The molecule has 0 radical (unpaired) electrons. The average Bonchev–Trinajstić information content (AvgIpc) is 3.21. The van der Waals surface area contributed by atoms with Crippen LogP contribution in [0, 0.1) is 0 Å². The normalized spacial score (nSPS) is 23.0. The average molecular weight is 392 g/mol. The molecule has 1 aromatic heterocycles. The number of fused-ring (bicyclic) bond motifs is 2. The molecule has 3 aliphatic rings. The minimum atomic E-state index is -0.463. The van der Waals surface area contributed by atoms with E-state index in [1.165, 1.54) is 0 Å². The van der Waals surface area contributed by atoms with Crippen molar-refractivity contribution in [2.75, 3.05) is 19.7 Å². The molecule has 1 aromatic carbocycles. The molecule has 0 aliphatic carbocycles. The first-order valence-electron chi connectivity index (χ1n) is 10.3. The van der Waals surface area contributed by atoms with Gasteiger partial charge in [0, 0.05) is 31.3 Å². The molecule has 0 saturated carbocycles. The predicted octanol–water partition coefficient (Wildman–Crippen LogP) is 1.81. The number of aromatic nitrogens is 2. The number of carbonyl (C=O) groups excluding carboxylic acids is 2. The van der Waals surface area contributed by atoms with Gasteiger partial charge in [-0.15, -0.1) is 0 Å². The largest absolute Gasteiger partial charge is 0.368 e. The number of amides is 2. The second-order valence-corrected chi connectivity index (χ2v) is 8.01. The van der Waals surface area contributed by atoms with Crippen molar-refractivity contribution in [3.63, 3.8) is 0 Å². The third kappa shape index (κ3) is 3.29. The molecule has 3 aliphatic heterocycles. The fourth-order valence-corrected chi connectivity index (χ4v) is 4.62. The summed E-state index contributed by atoms with van der Waals surface area (Å²) in [7, 11) is 0. The van der Waals surface area contributed by atoms with Gasteiger partial charge < -0.3 is 15.0 Å². The Bertz CT molecular complexity index is 938. The van der Waals surface area contributed by atoms with Crippen molar-refractivity contribution in [2.24, 2.45) is 0 Å². The molecule has 150 valence electrons. The van der Waals surface area contributed by atoms with Gasteiger partial charge in [0.25, 0.3) is 0 Å². The number of nitrogens with zero attached hydrogens (tertiary/aromatic N) is 3. The highest BCUT2D eigenvalue weighted by molar-refractivity contribution is 5.90. The standard InChI is InChI=1S/C22H24N4O3/c27-18-7-6-17(24-18)21(28)26-11-9-22(10-12-26)19-16(8-13-29-22)14-23-20(25-19)15-4-2-1-3-5-15/h1-5,14,17H,6-13H2,(H,24,27)/t17-/m0/s1. The SMILES string of the molecule is O=C1CC[C@@H](C(=O)N2CCC3(CC2)OCCc2cnc(-c4ccccc4)nc23)N1. The first-order chi connectivity index (χ1) is 14.1. The summed E-state index contributed by atoms with van der Waals surface area (Å²) < 4.78 is 6.30. The molecule has 1 N–H and O–H groups in total. The molecular weight excluding hydrogens is 368 g/mol. The number of piperidine rings is 1. The van der Waals surface area contributed by atoms with E-state index in [1.54, 1.807) is 0 Å². The van der Waals surface area contributed by atoms with Crippen LogP contribution in [0.5, 0.6) is 0 Å². The first-order valence-corrected chi connectivity index (χ1v) is 10.3. The van der Waals surface area contributed by atoms with E-state index in [1.807, 2.05) is 41.4 Å². The van der Waals surface area contributed by atoms with E-state index in [-0.39, 0.29) is 17.9 Å². The highest BCUT2D eigenvalue weighted by atomic mass is 16.5. The van der Waals surface area contributed by atoms with Gasteiger partial charge in [0.15, 0.2) is 5.82 Å². The van der Waals surface area contributed by atoms with E-state index in [9.17, 15) is 9.59 Å². The van der Waals surface area contributed by atoms with Crippen LogP contribution in [0.15, 0.2) is 36.5 Å². The quantitative estimate of drug-likeness (QED) is 0.843. The predicted molar refractivity (Wildman–Crippen MR) is 106 cm³/mol. The number of hydrogen-bond acceptors (Lipinski definition) is 5.